The Morgan fingerprint density at radius 1 is 1.06 bits per heavy atom. The largest absolute Gasteiger partial charge is 0.398 e. The monoisotopic (exact) mass is 261 g/mol. The van der Waals surface area contributed by atoms with E-state index in [1.165, 1.54) is 0 Å². The fraction of sp³-hybridized carbons (Fsp3) is 0.200. The van der Waals surface area contributed by atoms with Gasteiger partial charge in [0.25, 0.3) is 0 Å². The molecule has 0 amide bonds. The van der Waals surface area contributed by atoms with Gasteiger partial charge >= 0.3 is 0 Å². The Balaban J connectivity index is 2.54. The summed E-state index contributed by atoms with van der Waals surface area (Å²) in [7, 11) is 0. The molecule has 0 aliphatic rings. The van der Waals surface area contributed by atoms with Gasteiger partial charge in [-0.15, -0.1) is 0 Å². The summed E-state index contributed by atoms with van der Waals surface area (Å²) >= 11 is 5.98. The third-order valence-corrected chi connectivity index (χ3v) is 3.11. The van der Waals surface area contributed by atoms with Crippen LogP contribution in [0.4, 0.5) is 5.69 Å². The molecule has 0 saturated carbocycles. The lowest BCUT2D eigenvalue weighted by atomic mass is 9.93. The molecule has 0 saturated heterocycles. The minimum Gasteiger partial charge on any atom is -0.398 e. The first-order valence-corrected chi connectivity index (χ1v) is 6.14. The van der Waals surface area contributed by atoms with Crippen molar-refractivity contribution in [1.82, 2.24) is 0 Å². The van der Waals surface area contributed by atoms with Gasteiger partial charge in [-0.3, -0.25) is 0 Å². The van der Waals surface area contributed by atoms with Gasteiger partial charge in [-0.05, 0) is 49.2 Å². The van der Waals surface area contributed by atoms with Crippen molar-refractivity contribution < 1.29 is 5.11 Å². The van der Waals surface area contributed by atoms with Crippen molar-refractivity contribution in [2.75, 3.05) is 5.73 Å². The number of benzene rings is 2. The van der Waals surface area contributed by atoms with Crippen molar-refractivity contribution in [3.05, 3.63) is 53.1 Å². The molecule has 94 valence electrons. The lowest BCUT2D eigenvalue weighted by molar-refractivity contribution is 0.0794. The van der Waals surface area contributed by atoms with Gasteiger partial charge in [0, 0.05) is 16.3 Å². The molecule has 0 fully saturated rings. The number of rotatable bonds is 2. The van der Waals surface area contributed by atoms with Crippen LogP contribution in [-0.4, -0.2) is 5.11 Å². The van der Waals surface area contributed by atoms with Crippen LogP contribution in [0.25, 0.3) is 11.1 Å². The first kappa shape index (κ1) is 12.9. The van der Waals surface area contributed by atoms with E-state index in [0.717, 1.165) is 16.7 Å². The molecule has 3 N–H and O–H groups in total. The topological polar surface area (TPSA) is 46.2 Å². The van der Waals surface area contributed by atoms with Gasteiger partial charge in [-0.25, -0.2) is 0 Å². The highest BCUT2D eigenvalue weighted by atomic mass is 35.5. The molecule has 0 spiro atoms. The van der Waals surface area contributed by atoms with E-state index in [1.54, 1.807) is 13.8 Å². The average molecular weight is 262 g/mol. The van der Waals surface area contributed by atoms with Crippen molar-refractivity contribution in [2.24, 2.45) is 0 Å². The van der Waals surface area contributed by atoms with Crippen LogP contribution in [-0.2, 0) is 5.60 Å². The van der Waals surface area contributed by atoms with Gasteiger partial charge in [0.2, 0.25) is 0 Å². The van der Waals surface area contributed by atoms with Crippen molar-refractivity contribution in [3.63, 3.8) is 0 Å². The predicted molar refractivity (Wildman–Crippen MR) is 76.5 cm³/mol. The first-order chi connectivity index (χ1) is 8.38. The zero-order valence-electron chi connectivity index (χ0n) is 10.4. The minimum atomic E-state index is -0.960. The Kier molecular flexibility index (Phi) is 3.33. The molecule has 2 rings (SSSR count). The molecule has 2 nitrogen and oxygen atoms in total. The summed E-state index contributed by atoms with van der Waals surface area (Å²) in [5, 5.41) is 10.8. The molecule has 0 heterocycles. The van der Waals surface area contributed by atoms with Crippen LogP contribution >= 0.6 is 11.6 Å². The fourth-order valence-electron chi connectivity index (χ4n) is 1.93. The van der Waals surface area contributed by atoms with Crippen molar-refractivity contribution in [3.8, 4) is 11.1 Å². The zero-order valence-corrected chi connectivity index (χ0v) is 11.2. The number of nitrogens with two attached hydrogens (primary N) is 1. The van der Waals surface area contributed by atoms with E-state index in [2.05, 4.69) is 0 Å². The maximum atomic E-state index is 10.1. The standard InChI is InChI=1S/C15H16ClNO/c1-15(2,18)13-9-11(6-7-14(13)17)10-4-3-5-12(16)8-10/h3-9,18H,17H2,1-2H3. The highest BCUT2D eigenvalue weighted by molar-refractivity contribution is 6.30. The Hall–Kier alpha value is -1.51. The van der Waals surface area contributed by atoms with E-state index in [9.17, 15) is 5.11 Å². The van der Waals surface area contributed by atoms with Gasteiger partial charge in [0.05, 0.1) is 5.60 Å². The normalized spacial score (nSPS) is 11.6. The van der Waals surface area contributed by atoms with E-state index in [1.807, 2.05) is 42.5 Å². The summed E-state index contributed by atoms with van der Waals surface area (Å²) in [6.07, 6.45) is 0. The number of anilines is 1. The molecule has 18 heavy (non-hydrogen) atoms. The third kappa shape index (κ3) is 2.66. The molecular weight excluding hydrogens is 246 g/mol. The average Bonchev–Trinajstić information content (AvgIpc) is 2.28. The number of hydrogen-bond acceptors (Lipinski definition) is 2. The smallest absolute Gasteiger partial charge is 0.0860 e. The van der Waals surface area contributed by atoms with E-state index < -0.39 is 5.60 Å². The van der Waals surface area contributed by atoms with Gasteiger partial charge in [0.1, 0.15) is 0 Å². The van der Waals surface area contributed by atoms with Gasteiger partial charge in [-0.2, -0.15) is 0 Å². The molecule has 0 radical (unpaired) electrons. The summed E-state index contributed by atoms with van der Waals surface area (Å²) in [4.78, 5) is 0. The molecule has 3 heteroatoms. The second-order valence-electron chi connectivity index (χ2n) is 4.87. The van der Waals surface area contributed by atoms with E-state index in [0.29, 0.717) is 10.7 Å². The number of nitrogen functional groups attached to an aromatic ring is 1. The van der Waals surface area contributed by atoms with Crippen molar-refractivity contribution in [1.29, 1.82) is 0 Å². The minimum absolute atomic E-state index is 0.591. The molecule has 0 aromatic heterocycles. The number of halogens is 1. The summed E-state index contributed by atoms with van der Waals surface area (Å²) in [6, 6.07) is 13.2. The van der Waals surface area contributed by atoms with Crippen LogP contribution < -0.4 is 5.73 Å². The quantitative estimate of drug-likeness (QED) is 0.808. The van der Waals surface area contributed by atoms with Crippen LogP contribution in [0.5, 0.6) is 0 Å². The number of hydrogen-bond donors (Lipinski definition) is 2. The highest BCUT2D eigenvalue weighted by Crippen LogP contribution is 2.31. The maximum Gasteiger partial charge on any atom is 0.0860 e. The Bertz CT molecular complexity index is 573. The Morgan fingerprint density at radius 3 is 2.33 bits per heavy atom. The van der Waals surface area contributed by atoms with E-state index in [-0.39, 0.29) is 0 Å². The van der Waals surface area contributed by atoms with Crippen LogP contribution in [0.15, 0.2) is 42.5 Å². The molecule has 2 aromatic carbocycles. The fourth-order valence-corrected chi connectivity index (χ4v) is 2.12. The van der Waals surface area contributed by atoms with Gasteiger partial charge in [-0.1, -0.05) is 29.8 Å². The van der Waals surface area contributed by atoms with Crippen LogP contribution in [0.3, 0.4) is 0 Å². The molecular formula is C15H16ClNO. The lowest BCUT2D eigenvalue weighted by Gasteiger charge is -2.21. The van der Waals surface area contributed by atoms with Crippen LogP contribution in [0.1, 0.15) is 19.4 Å². The molecule has 0 atom stereocenters. The van der Waals surface area contributed by atoms with Gasteiger partial charge in [0.15, 0.2) is 0 Å². The molecule has 0 bridgehead atoms. The predicted octanol–water partition coefficient (Wildman–Crippen LogP) is 3.82. The second kappa shape index (κ2) is 4.63. The molecule has 0 unspecified atom stereocenters. The second-order valence-corrected chi connectivity index (χ2v) is 5.31. The first-order valence-electron chi connectivity index (χ1n) is 5.76. The van der Waals surface area contributed by atoms with Gasteiger partial charge < -0.3 is 10.8 Å². The maximum absolute atomic E-state index is 10.1. The summed E-state index contributed by atoms with van der Waals surface area (Å²) in [5.41, 5.74) is 8.25. The summed E-state index contributed by atoms with van der Waals surface area (Å²) in [5.74, 6) is 0. The molecule has 0 aliphatic heterocycles. The summed E-state index contributed by atoms with van der Waals surface area (Å²) < 4.78 is 0. The molecule has 0 aliphatic carbocycles. The van der Waals surface area contributed by atoms with Crippen molar-refractivity contribution >= 4 is 17.3 Å². The van der Waals surface area contributed by atoms with Crippen molar-refractivity contribution in [2.45, 2.75) is 19.4 Å². The Labute approximate surface area is 112 Å². The van der Waals surface area contributed by atoms with Crippen LogP contribution in [0.2, 0.25) is 5.02 Å². The SMILES string of the molecule is CC(C)(O)c1cc(-c2cccc(Cl)c2)ccc1N. The van der Waals surface area contributed by atoms with Crippen LogP contribution in [0, 0.1) is 0 Å². The zero-order chi connectivity index (χ0) is 13.3. The number of aliphatic hydroxyl groups is 1. The lowest BCUT2D eigenvalue weighted by Crippen LogP contribution is -2.17. The van der Waals surface area contributed by atoms with E-state index >= 15 is 0 Å². The Morgan fingerprint density at radius 2 is 1.72 bits per heavy atom. The van der Waals surface area contributed by atoms with E-state index in [4.69, 9.17) is 17.3 Å². The summed E-state index contributed by atoms with van der Waals surface area (Å²) in [6.45, 7) is 3.45. The third-order valence-electron chi connectivity index (χ3n) is 2.87. The highest BCUT2D eigenvalue weighted by Gasteiger charge is 2.19. The molecule has 2 aromatic rings.